The number of para-hydroxylation sites is 1. The van der Waals surface area contributed by atoms with Gasteiger partial charge in [-0.2, -0.15) is 5.10 Å². The number of phenolic OH excluding ortho intramolecular Hbond substituents is 1. The highest BCUT2D eigenvalue weighted by Gasteiger charge is 2.16. The van der Waals surface area contributed by atoms with Gasteiger partial charge < -0.3 is 10.8 Å². The molecule has 22 heavy (non-hydrogen) atoms. The van der Waals surface area contributed by atoms with Crippen LogP contribution in [0.1, 0.15) is 5.01 Å². The molecule has 4 N–H and O–H groups in total. The first-order chi connectivity index (χ1) is 10.6. The van der Waals surface area contributed by atoms with E-state index in [-0.39, 0.29) is 11.5 Å². The van der Waals surface area contributed by atoms with Crippen LogP contribution in [0, 0.1) is 0 Å². The van der Waals surface area contributed by atoms with E-state index in [1.165, 1.54) is 23.5 Å². The number of nitrogens with one attached hydrogen (secondary N) is 1. The van der Waals surface area contributed by atoms with Gasteiger partial charge in [0.2, 0.25) is 0 Å². The molecule has 1 amide bonds. The lowest BCUT2D eigenvalue weighted by molar-refractivity contribution is -0.111. The Bertz CT molecular complexity index is 822. The van der Waals surface area contributed by atoms with Crippen molar-refractivity contribution in [3.8, 4) is 5.75 Å². The normalized spacial score (nSPS) is 11.5. The molecule has 1 heterocycles. The molecule has 0 saturated carbocycles. The van der Waals surface area contributed by atoms with E-state index in [0.29, 0.717) is 10.7 Å². The highest BCUT2D eigenvalue weighted by atomic mass is 32.1. The van der Waals surface area contributed by atoms with Crippen molar-refractivity contribution >= 4 is 38.9 Å². The van der Waals surface area contributed by atoms with E-state index in [1.54, 1.807) is 12.1 Å². The summed E-state index contributed by atoms with van der Waals surface area (Å²) in [7, 11) is 0. The Morgan fingerprint density at radius 3 is 2.59 bits per heavy atom. The number of rotatable bonds is 4. The Hall–Kier alpha value is -2.93. The fraction of sp³-hybridized carbons (Fsp3) is 0. The quantitative estimate of drug-likeness (QED) is 0.391. The number of nitrogens with zero attached hydrogens (tertiary/aromatic N) is 2. The first-order valence-corrected chi connectivity index (χ1v) is 7.23. The van der Waals surface area contributed by atoms with Crippen LogP contribution < -0.4 is 11.2 Å². The van der Waals surface area contributed by atoms with Crippen molar-refractivity contribution in [1.82, 2.24) is 4.98 Å². The number of primary amides is 1. The van der Waals surface area contributed by atoms with Gasteiger partial charge in [0.25, 0.3) is 5.91 Å². The number of aromatic hydroxyl groups is 1. The Morgan fingerprint density at radius 1 is 1.18 bits per heavy atom. The number of phenols is 1. The summed E-state index contributed by atoms with van der Waals surface area (Å²) in [6.45, 7) is 0. The summed E-state index contributed by atoms with van der Waals surface area (Å²) in [4.78, 5) is 16.0. The predicted molar refractivity (Wildman–Crippen MR) is 87.1 cm³/mol. The summed E-state index contributed by atoms with van der Waals surface area (Å²) in [6, 6.07) is 13.9. The summed E-state index contributed by atoms with van der Waals surface area (Å²) in [5, 5.41) is 13.7. The number of benzene rings is 2. The second-order valence-electron chi connectivity index (χ2n) is 4.47. The second-order valence-corrected chi connectivity index (χ2v) is 5.50. The van der Waals surface area contributed by atoms with E-state index in [9.17, 15) is 9.90 Å². The lowest BCUT2D eigenvalue weighted by Gasteiger charge is -2.02. The van der Waals surface area contributed by atoms with Gasteiger partial charge in [0, 0.05) is 0 Å². The average molecular weight is 312 g/mol. The van der Waals surface area contributed by atoms with Gasteiger partial charge in [-0.3, -0.25) is 10.2 Å². The predicted octanol–water partition coefficient (Wildman–Crippen LogP) is 2.30. The lowest BCUT2D eigenvalue weighted by Crippen LogP contribution is -2.25. The minimum Gasteiger partial charge on any atom is -0.508 e. The summed E-state index contributed by atoms with van der Waals surface area (Å²) in [6.07, 6.45) is 0. The van der Waals surface area contributed by atoms with Crippen LogP contribution in [0.4, 0.5) is 5.69 Å². The molecular formula is C15H12N4O2S. The zero-order valence-electron chi connectivity index (χ0n) is 11.4. The molecule has 0 aliphatic carbocycles. The molecule has 2 aromatic carbocycles. The van der Waals surface area contributed by atoms with E-state index < -0.39 is 5.91 Å². The van der Waals surface area contributed by atoms with Crippen molar-refractivity contribution in [3.05, 3.63) is 53.5 Å². The first-order valence-electron chi connectivity index (χ1n) is 6.42. The van der Waals surface area contributed by atoms with Crippen molar-refractivity contribution in [2.45, 2.75) is 0 Å². The Labute approximate surface area is 129 Å². The molecule has 0 radical (unpaired) electrons. The molecule has 0 unspecified atom stereocenters. The van der Waals surface area contributed by atoms with Crippen LogP contribution in [0.3, 0.4) is 0 Å². The maximum atomic E-state index is 11.6. The first kappa shape index (κ1) is 14.0. The SMILES string of the molecule is NC(=O)/C(=N\Nc1ccc(O)cc1)c1nc2ccccc2s1. The molecule has 0 fully saturated rings. The minimum atomic E-state index is -0.662. The average Bonchev–Trinajstić information content (AvgIpc) is 2.92. The monoisotopic (exact) mass is 312 g/mol. The molecule has 3 aromatic rings. The van der Waals surface area contributed by atoms with Crippen LogP contribution in [0.2, 0.25) is 0 Å². The number of hydrogen-bond donors (Lipinski definition) is 3. The Balaban J connectivity index is 1.93. The van der Waals surface area contributed by atoms with Gasteiger partial charge in [-0.25, -0.2) is 4.98 Å². The fourth-order valence-corrected chi connectivity index (χ4v) is 2.80. The highest BCUT2D eigenvalue weighted by Crippen LogP contribution is 2.22. The highest BCUT2D eigenvalue weighted by molar-refractivity contribution is 7.21. The largest absolute Gasteiger partial charge is 0.508 e. The van der Waals surface area contributed by atoms with Crippen molar-refractivity contribution in [2.75, 3.05) is 5.43 Å². The van der Waals surface area contributed by atoms with Gasteiger partial charge in [0.05, 0.1) is 15.9 Å². The smallest absolute Gasteiger partial charge is 0.272 e. The number of carbonyl (C=O) groups excluding carboxylic acids is 1. The van der Waals surface area contributed by atoms with Crippen molar-refractivity contribution in [2.24, 2.45) is 10.8 Å². The molecule has 1 aromatic heterocycles. The third kappa shape index (κ3) is 2.89. The summed E-state index contributed by atoms with van der Waals surface area (Å²) in [5.41, 5.74) is 9.61. The topological polar surface area (TPSA) is 101 Å². The third-order valence-electron chi connectivity index (χ3n) is 2.89. The van der Waals surface area contributed by atoms with Crippen molar-refractivity contribution in [3.63, 3.8) is 0 Å². The van der Waals surface area contributed by atoms with Crippen LogP contribution in [-0.4, -0.2) is 21.7 Å². The van der Waals surface area contributed by atoms with E-state index in [4.69, 9.17) is 5.73 Å². The van der Waals surface area contributed by atoms with Crippen LogP contribution in [0.15, 0.2) is 53.6 Å². The fourth-order valence-electron chi connectivity index (χ4n) is 1.84. The van der Waals surface area contributed by atoms with E-state index in [1.807, 2.05) is 24.3 Å². The number of amides is 1. The Morgan fingerprint density at radius 2 is 1.91 bits per heavy atom. The van der Waals surface area contributed by atoms with Crippen molar-refractivity contribution < 1.29 is 9.90 Å². The molecule has 0 saturated heterocycles. The van der Waals surface area contributed by atoms with Crippen LogP contribution in [0.25, 0.3) is 10.2 Å². The minimum absolute atomic E-state index is 0.0641. The van der Waals surface area contributed by atoms with Crippen LogP contribution in [-0.2, 0) is 4.79 Å². The molecule has 0 bridgehead atoms. The third-order valence-corrected chi connectivity index (χ3v) is 3.94. The molecule has 3 rings (SSSR count). The number of aromatic nitrogens is 1. The number of nitrogens with two attached hydrogens (primary N) is 1. The zero-order valence-corrected chi connectivity index (χ0v) is 12.2. The Kier molecular flexibility index (Phi) is 3.71. The maximum Gasteiger partial charge on any atom is 0.272 e. The second kappa shape index (κ2) is 5.82. The molecule has 0 atom stereocenters. The molecule has 110 valence electrons. The molecule has 7 heteroatoms. The molecule has 6 nitrogen and oxygen atoms in total. The van der Waals surface area contributed by atoms with Gasteiger partial charge in [0.15, 0.2) is 10.7 Å². The van der Waals surface area contributed by atoms with Gasteiger partial charge in [0.1, 0.15) is 5.75 Å². The van der Waals surface area contributed by atoms with Crippen molar-refractivity contribution in [1.29, 1.82) is 0 Å². The van der Waals surface area contributed by atoms with Crippen LogP contribution >= 0.6 is 11.3 Å². The maximum absolute atomic E-state index is 11.6. The summed E-state index contributed by atoms with van der Waals surface area (Å²) >= 11 is 1.35. The standard InChI is InChI=1S/C15H12N4O2S/c16-14(21)13(19-18-9-5-7-10(20)8-6-9)15-17-11-3-1-2-4-12(11)22-15/h1-8,18,20H,(H2,16,21)/b19-13+. The number of thiazole rings is 1. The number of fused-ring (bicyclic) bond motifs is 1. The molecule has 0 aliphatic heterocycles. The molecule has 0 spiro atoms. The summed E-state index contributed by atoms with van der Waals surface area (Å²) in [5.74, 6) is -0.513. The number of hydrogen-bond acceptors (Lipinski definition) is 6. The van der Waals surface area contributed by atoms with Crippen LogP contribution in [0.5, 0.6) is 5.75 Å². The van der Waals surface area contributed by atoms with Gasteiger partial charge in [-0.1, -0.05) is 12.1 Å². The van der Waals surface area contributed by atoms with E-state index in [2.05, 4.69) is 15.5 Å². The zero-order chi connectivity index (χ0) is 15.5. The molecular weight excluding hydrogens is 300 g/mol. The van der Waals surface area contributed by atoms with E-state index in [0.717, 1.165) is 10.2 Å². The number of hydrazone groups is 1. The van der Waals surface area contributed by atoms with Gasteiger partial charge in [-0.05, 0) is 36.4 Å². The summed E-state index contributed by atoms with van der Waals surface area (Å²) < 4.78 is 0.955. The number of carbonyl (C=O) groups is 1. The van der Waals surface area contributed by atoms with Gasteiger partial charge in [-0.15, -0.1) is 11.3 Å². The number of anilines is 1. The molecule has 0 aliphatic rings. The lowest BCUT2D eigenvalue weighted by atomic mass is 10.3. The van der Waals surface area contributed by atoms with E-state index >= 15 is 0 Å². The van der Waals surface area contributed by atoms with Gasteiger partial charge >= 0.3 is 0 Å².